The Labute approximate surface area is 135 Å². The number of benzene rings is 1. The molecule has 0 aliphatic rings. The zero-order valence-corrected chi connectivity index (χ0v) is 12.6. The lowest BCUT2D eigenvalue weighted by atomic mass is 10.1. The van der Waals surface area contributed by atoms with Crippen LogP contribution in [0.2, 0.25) is 0 Å². The Morgan fingerprint density at radius 1 is 1.12 bits per heavy atom. The van der Waals surface area contributed by atoms with E-state index in [0.29, 0.717) is 33.7 Å². The second-order valence-corrected chi connectivity index (χ2v) is 4.96. The molecule has 0 spiro atoms. The van der Waals surface area contributed by atoms with Crippen LogP contribution >= 0.6 is 0 Å². The summed E-state index contributed by atoms with van der Waals surface area (Å²) >= 11 is 0. The quantitative estimate of drug-likeness (QED) is 0.615. The van der Waals surface area contributed by atoms with Crippen LogP contribution in [0.1, 0.15) is 0 Å². The molecule has 8 heteroatoms. The number of fused-ring (bicyclic) bond motifs is 1. The summed E-state index contributed by atoms with van der Waals surface area (Å²) in [4.78, 5) is 20.3. The number of aromatic amines is 1. The van der Waals surface area contributed by atoms with Crippen LogP contribution in [0.25, 0.3) is 33.7 Å². The summed E-state index contributed by atoms with van der Waals surface area (Å²) in [6, 6.07) is 10.6. The summed E-state index contributed by atoms with van der Waals surface area (Å²) in [5, 5.41) is 11.6. The zero-order chi connectivity index (χ0) is 16.5. The van der Waals surface area contributed by atoms with E-state index < -0.39 is 0 Å². The smallest absolute Gasteiger partial charge is 0.279 e. The topological polar surface area (TPSA) is 107 Å². The molecule has 8 nitrogen and oxygen atoms in total. The summed E-state index contributed by atoms with van der Waals surface area (Å²) in [5.41, 5.74) is 0.832. The standard InChI is InChI=1S/C16H11N5O3/c1-23-12-7-6-9(8-17-12)14-18-16(24-21-14)13-10-4-2-3-5-11(10)15(22)20-19-13/h2-8H,1H3,(H,20,22). The van der Waals surface area contributed by atoms with Gasteiger partial charge in [-0.25, -0.2) is 10.1 Å². The lowest BCUT2D eigenvalue weighted by Crippen LogP contribution is -2.09. The fourth-order valence-electron chi connectivity index (χ4n) is 2.35. The molecule has 4 rings (SSSR count). The average molecular weight is 321 g/mol. The summed E-state index contributed by atoms with van der Waals surface area (Å²) in [5.74, 6) is 1.08. The highest BCUT2D eigenvalue weighted by Crippen LogP contribution is 2.25. The van der Waals surface area contributed by atoms with E-state index in [1.54, 1.807) is 43.6 Å². The van der Waals surface area contributed by atoms with Gasteiger partial charge in [0.1, 0.15) is 0 Å². The molecule has 0 fully saturated rings. The average Bonchev–Trinajstić information content (AvgIpc) is 3.12. The number of nitrogens with zero attached hydrogens (tertiary/aromatic N) is 4. The second kappa shape index (κ2) is 5.58. The molecule has 4 aromatic rings. The Morgan fingerprint density at radius 2 is 1.96 bits per heavy atom. The fraction of sp³-hybridized carbons (Fsp3) is 0.0625. The van der Waals surface area contributed by atoms with Gasteiger partial charge < -0.3 is 9.26 Å². The molecule has 0 aliphatic heterocycles. The van der Waals surface area contributed by atoms with Gasteiger partial charge in [-0.2, -0.15) is 10.1 Å². The van der Waals surface area contributed by atoms with Crippen molar-refractivity contribution in [1.29, 1.82) is 0 Å². The first kappa shape index (κ1) is 14.1. The summed E-state index contributed by atoms with van der Waals surface area (Å²) in [6.07, 6.45) is 1.59. The minimum absolute atomic E-state index is 0.216. The van der Waals surface area contributed by atoms with Crippen LogP contribution in [-0.4, -0.2) is 32.4 Å². The van der Waals surface area contributed by atoms with Crippen molar-refractivity contribution in [2.75, 3.05) is 7.11 Å². The molecule has 3 aromatic heterocycles. The van der Waals surface area contributed by atoms with Gasteiger partial charge in [0.05, 0.1) is 12.5 Å². The third-order valence-corrected chi connectivity index (χ3v) is 3.53. The monoisotopic (exact) mass is 321 g/mol. The third-order valence-electron chi connectivity index (χ3n) is 3.53. The molecule has 0 saturated heterocycles. The van der Waals surface area contributed by atoms with Gasteiger partial charge >= 0.3 is 0 Å². The molecule has 0 atom stereocenters. The molecule has 0 bridgehead atoms. The van der Waals surface area contributed by atoms with E-state index in [-0.39, 0.29) is 11.4 Å². The van der Waals surface area contributed by atoms with Gasteiger partial charge in [0.15, 0.2) is 5.69 Å². The van der Waals surface area contributed by atoms with Gasteiger partial charge in [0, 0.05) is 23.2 Å². The molecular weight excluding hydrogens is 310 g/mol. The maximum Gasteiger partial charge on any atom is 0.279 e. The Bertz CT molecular complexity index is 1070. The molecule has 0 saturated carbocycles. The number of aromatic nitrogens is 5. The first-order chi connectivity index (χ1) is 11.8. The highest BCUT2D eigenvalue weighted by Gasteiger charge is 2.16. The number of pyridine rings is 1. The number of H-pyrrole nitrogens is 1. The van der Waals surface area contributed by atoms with E-state index in [1.165, 1.54) is 0 Å². The molecule has 1 aromatic carbocycles. The number of hydrogen-bond acceptors (Lipinski definition) is 7. The molecule has 0 radical (unpaired) electrons. The predicted molar refractivity (Wildman–Crippen MR) is 85.4 cm³/mol. The van der Waals surface area contributed by atoms with E-state index >= 15 is 0 Å². The van der Waals surface area contributed by atoms with Crippen molar-refractivity contribution in [2.24, 2.45) is 0 Å². The maximum absolute atomic E-state index is 11.8. The molecular formula is C16H11N5O3. The molecule has 0 unspecified atom stereocenters. The van der Waals surface area contributed by atoms with Gasteiger partial charge in [0.25, 0.3) is 11.4 Å². The van der Waals surface area contributed by atoms with Crippen LogP contribution in [0.15, 0.2) is 51.9 Å². The van der Waals surface area contributed by atoms with E-state index in [4.69, 9.17) is 9.26 Å². The Balaban J connectivity index is 1.80. The SMILES string of the molecule is COc1ccc(-c2noc(-c3n[nH]c(=O)c4ccccc34)n2)cn1. The molecule has 3 heterocycles. The van der Waals surface area contributed by atoms with Gasteiger partial charge in [-0.3, -0.25) is 4.79 Å². The molecule has 118 valence electrons. The van der Waals surface area contributed by atoms with Crippen LogP contribution in [0.3, 0.4) is 0 Å². The molecule has 0 aliphatic carbocycles. The lowest BCUT2D eigenvalue weighted by Gasteiger charge is -1.99. The first-order valence-electron chi connectivity index (χ1n) is 7.08. The number of ether oxygens (including phenoxy) is 1. The number of rotatable bonds is 3. The van der Waals surface area contributed by atoms with Crippen molar-refractivity contribution < 1.29 is 9.26 Å². The van der Waals surface area contributed by atoms with Crippen molar-refractivity contribution in [2.45, 2.75) is 0 Å². The Kier molecular flexibility index (Phi) is 3.27. The molecule has 24 heavy (non-hydrogen) atoms. The van der Waals surface area contributed by atoms with E-state index in [9.17, 15) is 4.79 Å². The third kappa shape index (κ3) is 2.30. The van der Waals surface area contributed by atoms with Crippen molar-refractivity contribution in [3.8, 4) is 28.9 Å². The second-order valence-electron chi connectivity index (χ2n) is 4.96. The fourth-order valence-corrected chi connectivity index (χ4v) is 2.35. The highest BCUT2D eigenvalue weighted by atomic mass is 16.5. The normalized spacial score (nSPS) is 10.9. The number of hydrogen-bond donors (Lipinski definition) is 1. The lowest BCUT2D eigenvalue weighted by molar-refractivity contribution is 0.398. The van der Waals surface area contributed by atoms with Crippen molar-refractivity contribution in [1.82, 2.24) is 25.3 Å². The van der Waals surface area contributed by atoms with Crippen LogP contribution in [-0.2, 0) is 0 Å². The molecule has 0 amide bonds. The number of nitrogens with one attached hydrogen (secondary N) is 1. The van der Waals surface area contributed by atoms with Crippen molar-refractivity contribution in [3.05, 3.63) is 52.9 Å². The molecule has 1 N–H and O–H groups in total. The zero-order valence-electron chi connectivity index (χ0n) is 12.6. The number of methoxy groups -OCH3 is 1. The van der Waals surface area contributed by atoms with Crippen LogP contribution < -0.4 is 10.3 Å². The van der Waals surface area contributed by atoms with Gasteiger partial charge in [-0.1, -0.05) is 23.4 Å². The Morgan fingerprint density at radius 3 is 2.71 bits per heavy atom. The van der Waals surface area contributed by atoms with E-state index in [1.807, 2.05) is 6.07 Å². The maximum atomic E-state index is 11.8. The largest absolute Gasteiger partial charge is 0.481 e. The summed E-state index contributed by atoms with van der Waals surface area (Å²) < 4.78 is 10.3. The van der Waals surface area contributed by atoms with E-state index in [2.05, 4.69) is 25.3 Å². The predicted octanol–water partition coefficient (Wildman–Crippen LogP) is 2.04. The van der Waals surface area contributed by atoms with Crippen LogP contribution in [0, 0.1) is 0 Å². The highest BCUT2D eigenvalue weighted by molar-refractivity contribution is 5.91. The summed E-state index contributed by atoms with van der Waals surface area (Å²) in [7, 11) is 1.54. The van der Waals surface area contributed by atoms with Gasteiger partial charge in [0.2, 0.25) is 11.7 Å². The van der Waals surface area contributed by atoms with Crippen molar-refractivity contribution in [3.63, 3.8) is 0 Å². The minimum Gasteiger partial charge on any atom is -0.481 e. The first-order valence-corrected chi connectivity index (χ1v) is 7.08. The van der Waals surface area contributed by atoms with E-state index in [0.717, 1.165) is 0 Å². The van der Waals surface area contributed by atoms with Crippen LogP contribution in [0.4, 0.5) is 0 Å². The Hall–Kier alpha value is -3.55. The van der Waals surface area contributed by atoms with Crippen molar-refractivity contribution >= 4 is 10.8 Å². The summed E-state index contributed by atoms with van der Waals surface area (Å²) in [6.45, 7) is 0. The van der Waals surface area contributed by atoms with Crippen LogP contribution in [0.5, 0.6) is 5.88 Å². The minimum atomic E-state index is -0.270. The van der Waals surface area contributed by atoms with Gasteiger partial charge in [-0.15, -0.1) is 0 Å². The van der Waals surface area contributed by atoms with Gasteiger partial charge in [-0.05, 0) is 12.1 Å².